The molecule has 0 aliphatic carbocycles. The van der Waals surface area contributed by atoms with Crippen molar-refractivity contribution in [3.8, 4) is 0 Å². The van der Waals surface area contributed by atoms with Crippen LogP contribution in [-0.2, 0) is 0 Å². The van der Waals surface area contributed by atoms with E-state index in [-0.39, 0.29) is 22.9 Å². The summed E-state index contributed by atoms with van der Waals surface area (Å²) in [6.45, 7) is 1.85. The van der Waals surface area contributed by atoms with Gasteiger partial charge in [0.15, 0.2) is 0 Å². The number of hydrogen-bond acceptors (Lipinski definition) is 3. The number of H-pyrrole nitrogens is 2. The van der Waals surface area contributed by atoms with Crippen LogP contribution in [0.5, 0.6) is 0 Å². The summed E-state index contributed by atoms with van der Waals surface area (Å²) in [5.41, 5.74) is 2.31. The van der Waals surface area contributed by atoms with Gasteiger partial charge in [-0.15, -0.1) is 0 Å². The van der Waals surface area contributed by atoms with Gasteiger partial charge in [0.25, 0.3) is 5.91 Å². The van der Waals surface area contributed by atoms with Crippen LogP contribution in [0, 0.1) is 0 Å². The van der Waals surface area contributed by atoms with Crippen LogP contribution in [0.3, 0.4) is 0 Å². The van der Waals surface area contributed by atoms with Crippen molar-refractivity contribution < 1.29 is 9.21 Å². The van der Waals surface area contributed by atoms with Crippen molar-refractivity contribution >= 4 is 28.5 Å². The highest BCUT2D eigenvalue weighted by atomic mass is 35.5. The fourth-order valence-corrected chi connectivity index (χ4v) is 2.33. The fraction of sp³-hybridized carbons (Fsp3) is 0.143. The van der Waals surface area contributed by atoms with Crippen molar-refractivity contribution in [3.05, 3.63) is 57.4 Å². The van der Waals surface area contributed by atoms with Gasteiger partial charge in [-0.3, -0.25) is 4.79 Å². The predicted octanol–water partition coefficient (Wildman–Crippen LogP) is 2.59. The van der Waals surface area contributed by atoms with Crippen molar-refractivity contribution in [3.63, 3.8) is 0 Å². The third kappa shape index (κ3) is 2.57. The number of amides is 1. The topological polar surface area (TPSA) is 90.9 Å². The van der Waals surface area contributed by atoms with Crippen LogP contribution in [0.4, 0.5) is 0 Å². The van der Waals surface area contributed by atoms with E-state index >= 15 is 0 Å². The van der Waals surface area contributed by atoms with Crippen molar-refractivity contribution in [2.75, 3.05) is 0 Å². The number of fused-ring (bicyclic) bond motifs is 1. The highest BCUT2D eigenvalue weighted by Crippen LogP contribution is 2.20. The van der Waals surface area contributed by atoms with E-state index in [9.17, 15) is 9.59 Å². The van der Waals surface area contributed by atoms with Crippen LogP contribution in [0.2, 0.25) is 5.22 Å². The fourth-order valence-electron chi connectivity index (χ4n) is 2.13. The summed E-state index contributed by atoms with van der Waals surface area (Å²) in [5.74, 6) is -0.316. The van der Waals surface area contributed by atoms with E-state index < -0.39 is 0 Å². The molecule has 0 radical (unpaired) electrons. The lowest BCUT2D eigenvalue weighted by Crippen LogP contribution is -2.26. The molecule has 2 aromatic heterocycles. The molecule has 1 aromatic carbocycles. The molecule has 0 aliphatic rings. The largest absolute Gasteiger partial charge is 0.452 e. The van der Waals surface area contributed by atoms with Crippen LogP contribution in [0.1, 0.15) is 28.9 Å². The first-order chi connectivity index (χ1) is 10.0. The molecule has 0 fully saturated rings. The first-order valence-electron chi connectivity index (χ1n) is 6.30. The van der Waals surface area contributed by atoms with Gasteiger partial charge < -0.3 is 19.7 Å². The average Bonchev–Trinajstić information content (AvgIpc) is 3.02. The van der Waals surface area contributed by atoms with E-state index in [1.165, 1.54) is 12.3 Å². The Hall–Kier alpha value is -2.47. The minimum absolute atomic E-state index is 0.0603. The van der Waals surface area contributed by atoms with E-state index in [0.717, 1.165) is 11.1 Å². The van der Waals surface area contributed by atoms with Gasteiger partial charge >= 0.3 is 5.69 Å². The zero-order valence-electron chi connectivity index (χ0n) is 11.1. The zero-order valence-corrected chi connectivity index (χ0v) is 11.8. The number of aromatic amines is 2. The zero-order chi connectivity index (χ0) is 15.0. The molecule has 2 heterocycles. The molecule has 0 saturated heterocycles. The minimum Gasteiger partial charge on any atom is -0.452 e. The maximum atomic E-state index is 12.1. The van der Waals surface area contributed by atoms with Gasteiger partial charge in [-0.25, -0.2) is 4.79 Å². The summed E-state index contributed by atoms with van der Waals surface area (Å²) in [4.78, 5) is 28.6. The van der Waals surface area contributed by atoms with Crippen LogP contribution in [0.15, 0.2) is 39.7 Å². The number of carbonyl (C=O) groups is 1. The third-order valence-corrected chi connectivity index (χ3v) is 3.54. The molecule has 1 unspecified atom stereocenters. The summed E-state index contributed by atoms with van der Waals surface area (Å²) in [6.07, 6.45) is 1.36. The van der Waals surface area contributed by atoms with Crippen molar-refractivity contribution in [1.29, 1.82) is 0 Å². The highest BCUT2D eigenvalue weighted by molar-refractivity contribution is 6.32. The van der Waals surface area contributed by atoms with Gasteiger partial charge in [-0.2, -0.15) is 0 Å². The molecule has 0 bridgehead atoms. The normalized spacial score (nSPS) is 12.5. The molecule has 6 nitrogen and oxygen atoms in total. The third-order valence-electron chi connectivity index (χ3n) is 3.25. The Morgan fingerprint density at radius 3 is 2.76 bits per heavy atom. The van der Waals surface area contributed by atoms with Gasteiger partial charge in [0.2, 0.25) is 5.22 Å². The predicted molar refractivity (Wildman–Crippen MR) is 78.5 cm³/mol. The molecular weight excluding hydrogens is 294 g/mol. The van der Waals surface area contributed by atoms with Gasteiger partial charge in [-0.1, -0.05) is 6.07 Å². The van der Waals surface area contributed by atoms with Crippen LogP contribution in [0.25, 0.3) is 11.0 Å². The maximum absolute atomic E-state index is 12.1. The van der Waals surface area contributed by atoms with Crippen molar-refractivity contribution in [2.24, 2.45) is 0 Å². The molecule has 21 heavy (non-hydrogen) atoms. The van der Waals surface area contributed by atoms with Crippen molar-refractivity contribution in [2.45, 2.75) is 13.0 Å². The van der Waals surface area contributed by atoms with Crippen LogP contribution < -0.4 is 11.0 Å². The molecular formula is C14H12ClN3O3. The summed E-state index contributed by atoms with van der Waals surface area (Å²) in [5, 5.41) is 2.89. The Kier molecular flexibility index (Phi) is 3.31. The van der Waals surface area contributed by atoms with Gasteiger partial charge in [0, 0.05) is 0 Å². The van der Waals surface area contributed by atoms with E-state index in [4.69, 9.17) is 16.0 Å². The Morgan fingerprint density at radius 1 is 1.29 bits per heavy atom. The number of furan rings is 1. The Morgan fingerprint density at radius 2 is 2.05 bits per heavy atom. The number of carbonyl (C=O) groups excluding carboxylic acids is 1. The quantitative estimate of drug-likeness (QED) is 0.694. The Labute approximate surface area is 124 Å². The maximum Gasteiger partial charge on any atom is 0.323 e. The van der Waals surface area contributed by atoms with Crippen molar-refractivity contribution in [1.82, 2.24) is 15.3 Å². The number of aromatic nitrogens is 2. The molecule has 3 N–H and O–H groups in total. The van der Waals surface area contributed by atoms with Gasteiger partial charge in [-0.05, 0) is 42.3 Å². The molecule has 7 heteroatoms. The molecule has 1 atom stereocenters. The molecule has 108 valence electrons. The Bertz CT molecular complexity index is 862. The number of hydrogen-bond donors (Lipinski definition) is 3. The lowest BCUT2D eigenvalue weighted by atomic mass is 10.1. The van der Waals surface area contributed by atoms with E-state index in [1.807, 2.05) is 19.1 Å². The summed E-state index contributed by atoms with van der Waals surface area (Å²) < 4.78 is 4.89. The lowest BCUT2D eigenvalue weighted by Gasteiger charge is -2.13. The average molecular weight is 306 g/mol. The number of imidazole rings is 1. The van der Waals surface area contributed by atoms with E-state index in [0.29, 0.717) is 11.1 Å². The second kappa shape index (κ2) is 5.14. The highest BCUT2D eigenvalue weighted by Gasteiger charge is 2.16. The second-order valence-electron chi connectivity index (χ2n) is 4.69. The first-order valence-corrected chi connectivity index (χ1v) is 6.68. The summed E-state index contributed by atoms with van der Waals surface area (Å²) >= 11 is 5.77. The van der Waals surface area contributed by atoms with Crippen LogP contribution >= 0.6 is 11.6 Å². The standard InChI is InChI=1S/C14H12ClN3O3/c1-7(16-13(19)9-4-5-21-12(9)15)8-2-3-10-11(6-8)18-14(20)17-10/h2-7H,1H3,(H,16,19)(H2,17,18,20). The summed E-state index contributed by atoms with van der Waals surface area (Å²) in [6, 6.07) is 6.71. The molecule has 0 spiro atoms. The molecule has 3 rings (SSSR count). The van der Waals surface area contributed by atoms with Gasteiger partial charge in [0.05, 0.1) is 28.9 Å². The van der Waals surface area contributed by atoms with E-state index in [1.54, 1.807) is 6.07 Å². The molecule has 0 aliphatic heterocycles. The monoisotopic (exact) mass is 305 g/mol. The second-order valence-corrected chi connectivity index (χ2v) is 5.03. The minimum atomic E-state index is -0.316. The molecule has 3 aromatic rings. The van der Waals surface area contributed by atoms with E-state index in [2.05, 4.69) is 15.3 Å². The number of rotatable bonds is 3. The molecule has 1 amide bonds. The molecule has 0 saturated carbocycles. The van der Waals surface area contributed by atoms with Crippen LogP contribution in [-0.4, -0.2) is 15.9 Å². The number of benzene rings is 1. The number of nitrogens with one attached hydrogen (secondary N) is 3. The summed E-state index contributed by atoms with van der Waals surface area (Å²) in [7, 11) is 0. The lowest BCUT2D eigenvalue weighted by molar-refractivity contribution is 0.0939. The van der Waals surface area contributed by atoms with Gasteiger partial charge in [0.1, 0.15) is 0 Å². The Balaban J connectivity index is 1.83. The SMILES string of the molecule is CC(NC(=O)c1ccoc1Cl)c1ccc2[nH]c(=O)[nH]c2c1. The smallest absolute Gasteiger partial charge is 0.323 e. The number of halogens is 1. The first kappa shape index (κ1) is 13.5.